The number of carbonyl (C=O) groups excluding carboxylic acids is 2. The first-order valence-electron chi connectivity index (χ1n) is 7.78. The van der Waals surface area contributed by atoms with Crippen molar-refractivity contribution in [2.24, 2.45) is 0 Å². The van der Waals surface area contributed by atoms with Crippen LogP contribution in [-0.4, -0.2) is 28.4 Å². The zero-order valence-electron chi connectivity index (χ0n) is 15.8. The van der Waals surface area contributed by atoms with E-state index < -0.39 is 46.5 Å². The molecule has 148 valence electrons. The largest absolute Gasteiger partial charge is 0.443 e. The summed E-state index contributed by atoms with van der Waals surface area (Å²) < 4.78 is 49.7. The first-order valence-corrected chi connectivity index (χ1v) is 7.78. The van der Waals surface area contributed by atoms with Crippen molar-refractivity contribution >= 4 is 17.9 Å². The summed E-state index contributed by atoms with van der Waals surface area (Å²) in [5.74, 6) is 0. The molecule has 0 bridgehead atoms. The Labute approximate surface area is 154 Å². The van der Waals surface area contributed by atoms with Crippen LogP contribution < -0.4 is 4.90 Å². The topological polar surface area (TPSA) is 92.5 Å². The minimum Gasteiger partial charge on any atom is -0.443 e. The van der Waals surface area contributed by atoms with Crippen molar-refractivity contribution in [3.05, 3.63) is 23.5 Å². The van der Waals surface area contributed by atoms with Crippen LogP contribution in [0.4, 0.5) is 28.4 Å². The number of halogens is 3. The van der Waals surface area contributed by atoms with E-state index in [1.54, 1.807) is 0 Å². The highest BCUT2D eigenvalue weighted by molar-refractivity contribution is 6.09. The molecule has 0 aliphatic carbocycles. The fraction of sp³-hybridized carbons (Fsp3) is 0.529. The van der Waals surface area contributed by atoms with E-state index in [9.17, 15) is 22.8 Å². The number of nitrogens with zero attached hydrogens (tertiary/aromatic N) is 3. The second kappa shape index (κ2) is 7.42. The fourth-order valence-electron chi connectivity index (χ4n) is 1.78. The van der Waals surface area contributed by atoms with E-state index in [1.807, 2.05) is 0 Å². The predicted octanol–water partition coefficient (Wildman–Crippen LogP) is 4.65. The van der Waals surface area contributed by atoms with Gasteiger partial charge in [0, 0.05) is 0 Å². The second-order valence-electron chi connectivity index (χ2n) is 7.50. The summed E-state index contributed by atoms with van der Waals surface area (Å²) in [5, 5.41) is 8.83. The third-order valence-electron chi connectivity index (χ3n) is 2.69. The van der Waals surface area contributed by atoms with Gasteiger partial charge in [0.25, 0.3) is 0 Å². The minimum atomic E-state index is -4.92. The van der Waals surface area contributed by atoms with E-state index in [-0.39, 0.29) is 0 Å². The Morgan fingerprint density at radius 1 is 1.04 bits per heavy atom. The van der Waals surface area contributed by atoms with Gasteiger partial charge in [0.05, 0.1) is 17.4 Å². The standard InChI is InChI=1S/C17H20F3N3O4/c1-15(2,3)26-13(24)23(14(25)27-16(4,5)6)10-7-11(17(18,19)20)12(8-21)22-9-10/h7,9H,1-6H3. The molecule has 0 atom stereocenters. The maximum atomic E-state index is 13.2. The number of ether oxygens (including phenoxy) is 2. The van der Waals surface area contributed by atoms with Crippen LogP contribution in [0.1, 0.15) is 52.8 Å². The van der Waals surface area contributed by atoms with Gasteiger partial charge < -0.3 is 9.47 Å². The molecule has 10 heteroatoms. The Balaban J connectivity index is 3.49. The highest BCUT2D eigenvalue weighted by Crippen LogP contribution is 2.34. The molecule has 1 aromatic heterocycles. The van der Waals surface area contributed by atoms with Crippen LogP contribution in [0.3, 0.4) is 0 Å². The zero-order chi connectivity index (χ0) is 21.2. The lowest BCUT2D eigenvalue weighted by atomic mass is 10.1. The lowest BCUT2D eigenvalue weighted by Crippen LogP contribution is -2.44. The molecule has 0 spiro atoms. The number of alkyl halides is 3. The third kappa shape index (κ3) is 6.44. The van der Waals surface area contributed by atoms with Crippen LogP contribution >= 0.6 is 0 Å². The number of nitriles is 1. The fourth-order valence-corrected chi connectivity index (χ4v) is 1.78. The van der Waals surface area contributed by atoms with Crippen molar-refractivity contribution in [3.8, 4) is 6.07 Å². The summed E-state index contributed by atoms with van der Waals surface area (Å²) in [4.78, 5) is 28.6. The van der Waals surface area contributed by atoms with Gasteiger partial charge in [-0.05, 0) is 47.6 Å². The molecule has 0 radical (unpaired) electrons. The van der Waals surface area contributed by atoms with E-state index in [2.05, 4.69) is 4.98 Å². The van der Waals surface area contributed by atoms with Gasteiger partial charge >= 0.3 is 18.4 Å². The molecule has 0 aliphatic heterocycles. The second-order valence-corrected chi connectivity index (χ2v) is 7.50. The maximum Gasteiger partial charge on any atom is 0.424 e. The number of pyridine rings is 1. The quantitative estimate of drug-likeness (QED) is 0.696. The molecule has 27 heavy (non-hydrogen) atoms. The van der Waals surface area contributed by atoms with Crippen molar-refractivity contribution < 1.29 is 32.2 Å². The Bertz CT molecular complexity index is 744. The first kappa shape index (κ1) is 22.2. The molecular formula is C17H20F3N3O4. The SMILES string of the molecule is CC(C)(C)OC(=O)N(C(=O)OC(C)(C)C)c1cnc(C#N)c(C(F)(F)F)c1. The summed E-state index contributed by atoms with van der Waals surface area (Å²) >= 11 is 0. The van der Waals surface area contributed by atoms with Crippen molar-refractivity contribution in [3.63, 3.8) is 0 Å². The summed E-state index contributed by atoms with van der Waals surface area (Å²) in [6, 6.07) is 1.79. The number of amides is 2. The molecule has 0 saturated carbocycles. The van der Waals surface area contributed by atoms with Crippen LogP contribution in [0.25, 0.3) is 0 Å². The molecule has 2 amide bonds. The molecule has 1 rings (SSSR count). The number of hydrogen-bond donors (Lipinski definition) is 0. The predicted molar refractivity (Wildman–Crippen MR) is 88.9 cm³/mol. The minimum absolute atomic E-state index is 0.305. The Morgan fingerprint density at radius 3 is 1.81 bits per heavy atom. The molecule has 1 aromatic rings. The monoisotopic (exact) mass is 387 g/mol. The molecule has 1 heterocycles. The first-order chi connectivity index (χ1) is 12.0. The number of imide groups is 1. The van der Waals surface area contributed by atoms with Gasteiger partial charge in [-0.15, -0.1) is 0 Å². The smallest absolute Gasteiger partial charge is 0.424 e. The van der Waals surface area contributed by atoms with Crippen LogP contribution in [-0.2, 0) is 15.7 Å². The van der Waals surface area contributed by atoms with Crippen LogP contribution in [0.5, 0.6) is 0 Å². The molecule has 7 nitrogen and oxygen atoms in total. The van der Waals surface area contributed by atoms with Gasteiger partial charge in [0.2, 0.25) is 0 Å². The van der Waals surface area contributed by atoms with Crippen molar-refractivity contribution in [2.75, 3.05) is 4.90 Å². The van der Waals surface area contributed by atoms with Gasteiger partial charge in [0.15, 0.2) is 5.69 Å². The molecule has 0 fully saturated rings. The Hall–Kier alpha value is -2.83. The number of hydrogen-bond acceptors (Lipinski definition) is 6. The zero-order valence-corrected chi connectivity index (χ0v) is 15.8. The summed E-state index contributed by atoms with van der Waals surface area (Å²) in [7, 11) is 0. The molecular weight excluding hydrogens is 367 g/mol. The average molecular weight is 387 g/mol. The third-order valence-corrected chi connectivity index (χ3v) is 2.69. The van der Waals surface area contributed by atoms with Gasteiger partial charge in [0.1, 0.15) is 17.3 Å². The van der Waals surface area contributed by atoms with Gasteiger partial charge in [-0.3, -0.25) is 0 Å². The number of anilines is 1. The van der Waals surface area contributed by atoms with E-state index >= 15 is 0 Å². The lowest BCUT2D eigenvalue weighted by Gasteiger charge is -2.28. The Kier molecular flexibility index (Phi) is 6.11. The van der Waals surface area contributed by atoms with Crippen LogP contribution in [0.15, 0.2) is 12.3 Å². The summed E-state index contributed by atoms with van der Waals surface area (Å²) in [6.07, 6.45) is -6.60. The van der Waals surface area contributed by atoms with Crippen LogP contribution in [0, 0.1) is 11.3 Å². The highest BCUT2D eigenvalue weighted by Gasteiger charge is 2.38. The van der Waals surface area contributed by atoms with Crippen molar-refractivity contribution in [1.82, 2.24) is 4.98 Å². The molecule has 0 N–H and O–H groups in total. The Morgan fingerprint density at radius 2 is 1.48 bits per heavy atom. The van der Waals surface area contributed by atoms with Gasteiger partial charge in [-0.2, -0.15) is 23.3 Å². The average Bonchev–Trinajstić information content (AvgIpc) is 2.42. The highest BCUT2D eigenvalue weighted by atomic mass is 19.4. The van der Waals surface area contributed by atoms with E-state index in [1.165, 1.54) is 47.6 Å². The molecule has 0 aromatic carbocycles. The summed E-state index contributed by atoms with van der Waals surface area (Å²) in [5.41, 5.74) is -4.86. The van der Waals surface area contributed by atoms with E-state index in [0.29, 0.717) is 11.0 Å². The van der Waals surface area contributed by atoms with E-state index in [4.69, 9.17) is 14.7 Å². The molecule has 0 unspecified atom stereocenters. The van der Waals surface area contributed by atoms with E-state index in [0.717, 1.165) is 6.20 Å². The summed E-state index contributed by atoms with van der Waals surface area (Å²) in [6.45, 7) is 9.14. The number of aromatic nitrogens is 1. The maximum absolute atomic E-state index is 13.2. The molecule has 0 aliphatic rings. The van der Waals surface area contributed by atoms with Gasteiger partial charge in [-0.1, -0.05) is 0 Å². The van der Waals surface area contributed by atoms with Crippen molar-refractivity contribution in [2.45, 2.75) is 58.9 Å². The lowest BCUT2D eigenvalue weighted by molar-refractivity contribution is -0.138. The van der Waals surface area contributed by atoms with Crippen LogP contribution in [0.2, 0.25) is 0 Å². The normalized spacial score (nSPS) is 12.1. The number of carbonyl (C=O) groups is 2. The van der Waals surface area contributed by atoms with Gasteiger partial charge in [-0.25, -0.2) is 14.6 Å². The van der Waals surface area contributed by atoms with Crippen molar-refractivity contribution in [1.29, 1.82) is 5.26 Å². The number of rotatable bonds is 1. The molecule has 0 saturated heterocycles.